The molecule has 1 N–H and O–H groups in total. The molecule has 126 valence electrons. The monoisotopic (exact) mass is 336 g/mol. The van der Waals surface area contributed by atoms with Crippen molar-refractivity contribution < 1.29 is 9.72 Å². The summed E-state index contributed by atoms with van der Waals surface area (Å²) < 4.78 is 1.73. The van der Waals surface area contributed by atoms with Gasteiger partial charge in [-0.25, -0.2) is 0 Å². The lowest BCUT2D eigenvalue weighted by Gasteiger charge is -2.05. The first-order chi connectivity index (χ1) is 12.0. The van der Waals surface area contributed by atoms with E-state index in [-0.39, 0.29) is 11.3 Å². The molecule has 0 unspecified atom stereocenters. The molecular weight excluding hydrogens is 320 g/mol. The summed E-state index contributed by atoms with van der Waals surface area (Å²) in [5, 5.41) is 17.8. The maximum absolute atomic E-state index is 12.2. The molecule has 0 bridgehead atoms. The summed E-state index contributed by atoms with van der Waals surface area (Å²) in [6.07, 6.45) is 1.77. The van der Waals surface area contributed by atoms with Gasteiger partial charge in [-0.2, -0.15) is 5.10 Å². The predicted molar refractivity (Wildman–Crippen MR) is 93.6 cm³/mol. The highest BCUT2D eigenvalue weighted by atomic mass is 16.6. The Morgan fingerprint density at radius 3 is 2.76 bits per heavy atom. The Hall–Kier alpha value is -3.48. The molecule has 0 aliphatic heterocycles. The van der Waals surface area contributed by atoms with Gasteiger partial charge in [0, 0.05) is 30.0 Å². The molecule has 0 radical (unpaired) electrons. The Morgan fingerprint density at radius 1 is 1.20 bits per heavy atom. The van der Waals surface area contributed by atoms with Crippen LogP contribution in [0.5, 0.6) is 0 Å². The van der Waals surface area contributed by atoms with Crippen molar-refractivity contribution in [1.29, 1.82) is 0 Å². The number of rotatable bonds is 5. The van der Waals surface area contributed by atoms with Crippen LogP contribution in [0.2, 0.25) is 0 Å². The van der Waals surface area contributed by atoms with Crippen LogP contribution in [0.1, 0.15) is 21.5 Å². The third kappa shape index (κ3) is 3.89. The normalized spacial score (nSPS) is 10.4. The van der Waals surface area contributed by atoms with E-state index in [4.69, 9.17) is 0 Å². The van der Waals surface area contributed by atoms with Crippen LogP contribution in [0.15, 0.2) is 60.8 Å². The number of nitro groups is 1. The highest BCUT2D eigenvalue weighted by molar-refractivity contribution is 6.04. The number of carbonyl (C=O) groups is 1. The average Bonchev–Trinajstić information content (AvgIpc) is 3.04. The second-order valence-electron chi connectivity index (χ2n) is 5.59. The molecule has 2 aromatic carbocycles. The van der Waals surface area contributed by atoms with Crippen molar-refractivity contribution in [1.82, 2.24) is 9.78 Å². The third-order valence-corrected chi connectivity index (χ3v) is 3.80. The smallest absolute Gasteiger partial charge is 0.270 e. The summed E-state index contributed by atoms with van der Waals surface area (Å²) in [4.78, 5) is 22.5. The molecule has 0 spiro atoms. The van der Waals surface area contributed by atoms with E-state index in [1.165, 1.54) is 29.8 Å². The molecule has 0 aliphatic rings. The number of nitrogens with one attached hydrogen (secondary N) is 1. The summed E-state index contributed by atoms with van der Waals surface area (Å²) >= 11 is 0. The van der Waals surface area contributed by atoms with Crippen LogP contribution < -0.4 is 5.32 Å². The van der Waals surface area contributed by atoms with Crippen LogP contribution in [0, 0.1) is 17.0 Å². The second-order valence-corrected chi connectivity index (χ2v) is 5.59. The Kier molecular flexibility index (Phi) is 4.56. The number of hydrogen-bond acceptors (Lipinski definition) is 4. The SMILES string of the molecule is Cc1ccccc1Cn1ccc(NC(=O)c2cccc([N+](=O)[O-])c2)n1. The number of benzene rings is 2. The average molecular weight is 336 g/mol. The number of carbonyl (C=O) groups excluding carboxylic acids is 1. The van der Waals surface area contributed by atoms with Gasteiger partial charge >= 0.3 is 0 Å². The van der Waals surface area contributed by atoms with E-state index >= 15 is 0 Å². The van der Waals surface area contributed by atoms with Crippen LogP contribution in [-0.2, 0) is 6.54 Å². The van der Waals surface area contributed by atoms with Gasteiger partial charge in [0.1, 0.15) is 0 Å². The molecule has 3 aromatic rings. The van der Waals surface area contributed by atoms with E-state index in [0.29, 0.717) is 12.4 Å². The van der Waals surface area contributed by atoms with Gasteiger partial charge in [0.25, 0.3) is 11.6 Å². The maximum atomic E-state index is 12.2. The van der Waals surface area contributed by atoms with Gasteiger partial charge in [0.2, 0.25) is 0 Å². The summed E-state index contributed by atoms with van der Waals surface area (Å²) in [6.45, 7) is 2.63. The predicted octanol–water partition coefficient (Wildman–Crippen LogP) is 3.40. The minimum absolute atomic E-state index is 0.127. The highest BCUT2D eigenvalue weighted by Crippen LogP contribution is 2.15. The number of nitrogens with zero attached hydrogens (tertiary/aromatic N) is 3. The number of anilines is 1. The third-order valence-electron chi connectivity index (χ3n) is 3.80. The van der Waals surface area contributed by atoms with Gasteiger partial charge in [-0.15, -0.1) is 0 Å². The van der Waals surface area contributed by atoms with Gasteiger partial charge in [-0.1, -0.05) is 30.3 Å². The fourth-order valence-electron chi connectivity index (χ4n) is 2.43. The zero-order valence-electron chi connectivity index (χ0n) is 13.5. The lowest BCUT2D eigenvalue weighted by Crippen LogP contribution is -2.13. The fourth-order valence-corrected chi connectivity index (χ4v) is 2.43. The zero-order chi connectivity index (χ0) is 17.8. The fraction of sp³-hybridized carbons (Fsp3) is 0.111. The van der Waals surface area contributed by atoms with Crippen LogP contribution >= 0.6 is 0 Å². The van der Waals surface area contributed by atoms with Gasteiger partial charge in [0.15, 0.2) is 5.82 Å². The molecule has 0 fully saturated rings. The Balaban J connectivity index is 1.71. The first-order valence-corrected chi connectivity index (χ1v) is 7.67. The van der Waals surface area contributed by atoms with Crippen molar-refractivity contribution in [2.75, 3.05) is 5.32 Å². The number of hydrogen-bond donors (Lipinski definition) is 1. The summed E-state index contributed by atoms with van der Waals surface area (Å²) in [5.74, 6) is -0.0464. The standard InChI is InChI=1S/C18H16N4O3/c1-13-5-2-3-6-15(13)12-21-10-9-17(20-21)19-18(23)14-7-4-8-16(11-14)22(24)25/h2-11H,12H2,1H3,(H,19,20,23). The molecule has 7 heteroatoms. The topological polar surface area (TPSA) is 90.1 Å². The molecule has 0 atom stereocenters. The first kappa shape index (κ1) is 16.4. The van der Waals surface area contributed by atoms with Crippen molar-refractivity contribution >= 4 is 17.4 Å². The molecule has 1 aromatic heterocycles. The largest absolute Gasteiger partial charge is 0.305 e. The van der Waals surface area contributed by atoms with E-state index in [0.717, 1.165) is 5.56 Å². The van der Waals surface area contributed by atoms with Gasteiger partial charge < -0.3 is 5.32 Å². The summed E-state index contributed by atoms with van der Waals surface area (Å²) in [7, 11) is 0. The van der Waals surface area contributed by atoms with Crippen LogP contribution in [0.3, 0.4) is 0 Å². The number of aryl methyl sites for hydroxylation is 1. The Bertz CT molecular complexity index is 933. The molecule has 0 aliphatic carbocycles. The van der Waals surface area contributed by atoms with E-state index in [1.807, 2.05) is 31.2 Å². The molecule has 1 amide bonds. The summed E-state index contributed by atoms with van der Waals surface area (Å²) in [5.41, 5.74) is 2.39. The molecule has 7 nitrogen and oxygen atoms in total. The van der Waals surface area contributed by atoms with Crippen molar-refractivity contribution in [2.45, 2.75) is 13.5 Å². The Morgan fingerprint density at radius 2 is 2.00 bits per heavy atom. The molecular formula is C18H16N4O3. The summed E-state index contributed by atoms with van der Waals surface area (Å²) in [6, 6.07) is 15.3. The van der Waals surface area contributed by atoms with Gasteiger partial charge in [0.05, 0.1) is 11.5 Å². The minimum atomic E-state index is -0.534. The molecule has 25 heavy (non-hydrogen) atoms. The van der Waals surface area contributed by atoms with Crippen molar-refractivity contribution in [3.63, 3.8) is 0 Å². The van der Waals surface area contributed by atoms with E-state index in [9.17, 15) is 14.9 Å². The van der Waals surface area contributed by atoms with Crippen molar-refractivity contribution in [3.05, 3.63) is 87.6 Å². The van der Waals surface area contributed by atoms with E-state index in [1.54, 1.807) is 16.9 Å². The molecule has 1 heterocycles. The van der Waals surface area contributed by atoms with Crippen LogP contribution in [0.25, 0.3) is 0 Å². The zero-order valence-corrected chi connectivity index (χ0v) is 13.5. The molecule has 0 saturated carbocycles. The quantitative estimate of drug-likeness (QED) is 0.571. The van der Waals surface area contributed by atoms with E-state index in [2.05, 4.69) is 10.4 Å². The first-order valence-electron chi connectivity index (χ1n) is 7.67. The maximum Gasteiger partial charge on any atom is 0.270 e. The minimum Gasteiger partial charge on any atom is -0.305 e. The van der Waals surface area contributed by atoms with Crippen LogP contribution in [-0.4, -0.2) is 20.6 Å². The highest BCUT2D eigenvalue weighted by Gasteiger charge is 2.12. The number of nitro benzene ring substituents is 1. The lowest BCUT2D eigenvalue weighted by atomic mass is 10.1. The van der Waals surface area contributed by atoms with Crippen LogP contribution in [0.4, 0.5) is 11.5 Å². The second kappa shape index (κ2) is 6.96. The molecule has 0 saturated heterocycles. The van der Waals surface area contributed by atoms with E-state index < -0.39 is 10.8 Å². The van der Waals surface area contributed by atoms with Gasteiger partial charge in [-0.05, 0) is 24.1 Å². The lowest BCUT2D eigenvalue weighted by molar-refractivity contribution is -0.384. The Labute approximate surface area is 144 Å². The van der Waals surface area contributed by atoms with Crippen molar-refractivity contribution in [2.24, 2.45) is 0 Å². The number of aromatic nitrogens is 2. The van der Waals surface area contributed by atoms with Gasteiger partial charge in [-0.3, -0.25) is 19.6 Å². The van der Waals surface area contributed by atoms with Crippen molar-refractivity contribution in [3.8, 4) is 0 Å². The molecule has 3 rings (SSSR count). The number of non-ortho nitro benzene ring substituents is 1. The number of amides is 1.